The van der Waals surface area contributed by atoms with Gasteiger partial charge in [-0.2, -0.15) is 0 Å². The molecule has 0 saturated carbocycles. The van der Waals surface area contributed by atoms with Gasteiger partial charge in [-0.1, -0.05) is 60.5 Å². The number of hydrogen-bond donors (Lipinski definition) is 1. The van der Waals surface area contributed by atoms with Gasteiger partial charge in [-0.25, -0.2) is 0 Å². The van der Waals surface area contributed by atoms with Crippen molar-refractivity contribution in [1.82, 2.24) is 0 Å². The third kappa shape index (κ3) is 2.69. The molecular formula is C23H17NO3. The lowest BCUT2D eigenvalue weighted by Gasteiger charge is -2.22. The molecule has 1 aliphatic rings. The molecule has 0 bridgehead atoms. The number of para-hydroxylation sites is 1. The molecule has 0 fully saturated rings. The molecule has 132 valence electrons. The average molecular weight is 355 g/mol. The van der Waals surface area contributed by atoms with Crippen LogP contribution in [0.25, 0.3) is 10.8 Å². The van der Waals surface area contributed by atoms with Crippen LogP contribution in [0.5, 0.6) is 0 Å². The van der Waals surface area contributed by atoms with E-state index in [0.29, 0.717) is 16.8 Å². The van der Waals surface area contributed by atoms with E-state index in [4.69, 9.17) is 6.42 Å². The number of hydrogen-bond acceptors (Lipinski definition) is 3. The molecule has 0 spiro atoms. The summed E-state index contributed by atoms with van der Waals surface area (Å²) < 4.78 is 0. The first-order valence-electron chi connectivity index (χ1n) is 8.64. The fourth-order valence-corrected chi connectivity index (χ4v) is 3.62. The molecule has 1 heterocycles. The molecule has 3 aromatic rings. The third-order valence-electron chi connectivity index (χ3n) is 4.98. The summed E-state index contributed by atoms with van der Waals surface area (Å²) in [6.45, 7) is 0.0440. The highest BCUT2D eigenvalue weighted by atomic mass is 16.3. The quantitative estimate of drug-likeness (QED) is 0.577. The second-order valence-electron chi connectivity index (χ2n) is 6.63. The number of carbonyl (C=O) groups is 2. The Morgan fingerprint density at radius 1 is 1.04 bits per heavy atom. The van der Waals surface area contributed by atoms with E-state index in [9.17, 15) is 14.7 Å². The topological polar surface area (TPSA) is 57.6 Å². The van der Waals surface area contributed by atoms with Gasteiger partial charge in [0.2, 0.25) is 0 Å². The lowest BCUT2D eigenvalue weighted by molar-refractivity contribution is -0.135. The first kappa shape index (κ1) is 17.0. The summed E-state index contributed by atoms with van der Waals surface area (Å²) in [4.78, 5) is 27.1. The maximum absolute atomic E-state index is 12.9. The smallest absolute Gasteiger partial charge is 0.265 e. The monoisotopic (exact) mass is 355 g/mol. The zero-order valence-corrected chi connectivity index (χ0v) is 14.6. The highest BCUT2D eigenvalue weighted by Crippen LogP contribution is 2.42. The highest BCUT2D eigenvalue weighted by Gasteiger charge is 2.50. The van der Waals surface area contributed by atoms with Crippen LogP contribution in [0.3, 0.4) is 0 Å². The molecule has 3 aromatic carbocycles. The van der Waals surface area contributed by atoms with Gasteiger partial charge < -0.3 is 5.11 Å². The summed E-state index contributed by atoms with van der Waals surface area (Å²) in [6, 6.07) is 20.0. The van der Waals surface area contributed by atoms with E-state index in [2.05, 4.69) is 5.92 Å². The average Bonchev–Trinajstić information content (AvgIpc) is 2.90. The van der Waals surface area contributed by atoms with Gasteiger partial charge in [-0.05, 0) is 22.9 Å². The van der Waals surface area contributed by atoms with E-state index in [1.165, 1.54) is 4.90 Å². The van der Waals surface area contributed by atoms with Crippen molar-refractivity contribution in [2.24, 2.45) is 0 Å². The van der Waals surface area contributed by atoms with Crippen LogP contribution < -0.4 is 4.90 Å². The summed E-state index contributed by atoms with van der Waals surface area (Å²) in [5.41, 5.74) is -0.479. The van der Waals surface area contributed by atoms with Gasteiger partial charge in [0.05, 0.1) is 18.7 Å². The molecule has 4 rings (SSSR count). The SMILES string of the molecule is C#CCN1C(=O)[C@](O)(CC(=O)c2ccc3ccccc3c2)c2ccccc21. The van der Waals surface area contributed by atoms with Crippen molar-refractivity contribution in [3.63, 3.8) is 0 Å². The molecule has 0 aliphatic carbocycles. The minimum absolute atomic E-state index is 0.0440. The van der Waals surface area contributed by atoms with Crippen molar-refractivity contribution in [3.05, 3.63) is 77.9 Å². The Hall–Kier alpha value is -3.42. The predicted molar refractivity (Wildman–Crippen MR) is 104 cm³/mol. The lowest BCUT2D eigenvalue weighted by Crippen LogP contribution is -2.42. The molecule has 1 N–H and O–H groups in total. The van der Waals surface area contributed by atoms with Gasteiger partial charge in [0.1, 0.15) is 0 Å². The van der Waals surface area contributed by atoms with E-state index < -0.39 is 11.5 Å². The maximum atomic E-state index is 12.9. The molecule has 1 atom stereocenters. The molecule has 4 heteroatoms. The number of amides is 1. The van der Waals surface area contributed by atoms with E-state index in [1.807, 2.05) is 30.3 Å². The summed E-state index contributed by atoms with van der Waals surface area (Å²) in [5, 5.41) is 13.1. The van der Waals surface area contributed by atoms with Crippen LogP contribution in [0.2, 0.25) is 0 Å². The number of ketones is 1. The van der Waals surface area contributed by atoms with Crippen molar-refractivity contribution in [3.8, 4) is 12.3 Å². The lowest BCUT2D eigenvalue weighted by atomic mass is 9.88. The van der Waals surface area contributed by atoms with Crippen LogP contribution in [0.15, 0.2) is 66.7 Å². The number of nitrogens with zero attached hydrogens (tertiary/aromatic N) is 1. The Morgan fingerprint density at radius 3 is 2.52 bits per heavy atom. The van der Waals surface area contributed by atoms with Gasteiger partial charge >= 0.3 is 0 Å². The standard InChI is InChI=1S/C23H17NO3/c1-2-13-24-20-10-6-5-9-19(20)23(27,22(24)26)15-21(25)18-12-11-16-7-3-4-8-17(16)14-18/h1,3-12,14,27H,13,15H2/t23-/m0/s1. The minimum atomic E-state index is -1.91. The molecule has 27 heavy (non-hydrogen) atoms. The molecular weight excluding hydrogens is 338 g/mol. The van der Waals surface area contributed by atoms with Crippen molar-refractivity contribution >= 4 is 28.2 Å². The van der Waals surface area contributed by atoms with Gasteiger partial charge in [-0.15, -0.1) is 6.42 Å². The second kappa shape index (κ2) is 6.39. The summed E-state index contributed by atoms with van der Waals surface area (Å²) in [6.07, 6.45) is 5.04. The molecule has 4 nitrogen and oxygen atoms in total. The second-order valence-corrected chi connectivity index (χ2v) is 6.63. The highest BCUT2D eigenvalue weighted by molar-refractivity contribution is 6.11. The number of aliphatic hydroxyl groups is 1. The van der Waals surface area contributed by atoms with Gasteiger partial charge in [0.15, 0.2) is 11.4 Å². The fraction of sp³-hybridized carbons (Fsp3) is 0.130. The van der Waals surface area contributed by atoms with Gasteiger partial charge in [0.25, 0.3) is 5.91 Å². The van der Waals surface area contributed by atoms with Crippen LogP contribution in [0, 0.1) is 12.3 Å². The first-order valence-corrected chi connectivity index (χ1v) is 8.64. The van der Waals surface area contributed by atoms with Gasteiger partial charge in [-0.3, -0.25) is 14.5 Å². The van der Waals surface area contributed by atoms with Crippen molar-refractivity contribution in [2.75, 3.05) is 11.4 Å². The fourth-order valence-electron chi connectivity index (χ4n) is 3.62. The molecule has 1 amide bonds. The van der Waals surface area contributed by atoms with Crippen molar-refractivity contribution in [1.29, 1.82) is 0 Å². The van der Waals surface area contributed by atoms with E-state index in [-0.39, 0.29) is 18.7 Å². The summed E-state index contributed by atoms with van der Waals surface area (Å²) >= 11 is 0. The maximum Gasteiger partial charge on any atom is 0.265 e. The van der Waals surface area contributed by atoms with Crippen molar-refractivity contribution < 1.29 is 14.7 Å². The normalized spacial score (nSPS) is 18.4. The van der Waals surface area contributed by atoms with Gasteiger partial charge in [0, 0.05) is 11.1 Å². The number of terminal acetylenes is 1. The Kier molecular flexibility index (Phi) is 4.02. The number of Topliss-reactive ketones (excluding diaryl/α,β-unsaturated/α-hetero) is 1. The minimum Gasteiger partial charge on any atom is -0.375 e. The van der Waals surface area contributed by atoms with E-state index in [0.717, 1.165) is 10.8 Å². The van der Waals surface area contributed by atoms with Crippen LogP contribution in [0.4, 0.5) is 5.69 Å². The Bertz CT molecular complexity index is 1110. The third-order valence-corrected chi connectivity index (χ3v) is 4.98. The number of anilines is 1. The summed E-state index contributed by atoms with van der Waals surface area (Å²) in [5.74, 6) is 1.58. The molecule has 0 aromatic heterocycles. The van der Waals surface area contributed by atoms with Crippen molar-refractivity contribution in [2.45, 2.75) is 12.0 Å². The van der Waals surface area contributed by atoms with Crippen LogP contribution in [-0.4, -0.2) is 23.3 Å². The van der Waals surface area contributed by atoms with E-state index >= 15 is 0 Å². The number of benzene rings is 3. The zero-order chi connectivity index (χ0) is 19.0. The zero-order valence-electron chi connectivity index (χ0n) is 14.6. The number of fused-ring (bicyclic) bond motifs is 2. The summed E-state index contributed by atoms with van der Waals surface area (Å²) in [7, 11) is 0. The predicted octanol–water partition coefficient (Wildman–Crippen LogP) is 3.28. The van der Waals surface area contributed by atoms with Crippen LogP contribution >= 0.6 is 0 Å². The molecule has 0 saturated heterocycles. The Balaban J connectivity index is 1.71. The molecule has 1 aliphatic heterocycles. The largest absolute Gasteiger partial charge is 0.375 e. The van der Waals surface area contributed by atoms with E-state index in [1.54, 1.807) is 36.4 Å². The molecule has 0 radical (unpaired) electrons. The van der Waals surface area contributed by atoms with Crippen LogP contribution in [-0.2, 0) is 10.4 Å². The first-order chi connectivity index (χ1) is 13.0. The number of rotatable bonds is 4. The van der Waals surface area contributed by atoms with Crippen LogP contribution in [0.1, 0.15) is 22.3 Å². The molecule has 0 unspecified atom stereocenters. The number of carbonyl (C=O) groups excluding carboxylic acids is 2. The Labute approximate surface area is 157 Å². The Morgan fingerprint density at radius 2 is 1.74 bits per heavy atom.